The van der Waals surface area contributed by atoms with E-state index in [0.29, 0.717) is 12.1 Å². The summed E-state index contributed by atoms with van der Waals surface area (Å²) in [6.45, 7) is 5.26. The molecule has 2 atom stereocenters. The van der Waals surface area contributed by atoms with Gasteiger partial charge < -0.3 is 0 Å². The standard InChI is InChI=1S/C11H15FN2/c1-8-5-9(2)14(8)7-11-4-3-10(12)6-13-11/h3-4,6,8-9H,5,7H2,1-2H3. The molecule has 1 aromatic rings. The van der Waals surface area contributed by atoms with Gasteiger partial charge in [-0.05, 0) is 32.4 Å². The van der Waals surface area contributed by atoms with Crippen molar-refractivity contribution < 1.29 is 4.39 Å². The number of halogens is 1. The van der Waals surface area contributed by atoms with Gasteiger partial charge in [0.05, 0.1) is 11.9 Å². The number of rotatable bonds is 2. The molecule has 2 rings (SSSR count). The number of hydrogen-bond donors (Lipinski definition) is 0. The molecule has 14 heavy (non-hydrogen) atoms. The second kappa shape index (κ2) is 3.65. The molecule has 0 N–H and O–H groups in total. The molecule has 3 heteroatoms. The highest BCUT2D eigenvalue weighted by Crippen LogP contribution is 2.26. The Balaban J connectivity index is 2.00. The van der Waals surface area contributed by atoms with Gasteiger partial charge in [0.15, 0.2) is 0 Å². The van der Waals surface area contributed by atoms with Crippen molar-refractivity contribution in [1.29, 1.82) is 0 Å². The Kier molecular flexibility index (Phi) is 2.50. The van der Waals surface area contributed by atoms with Crippen LogP contribution in [0.5, 0.6) is 0 Å². The van der Waals surface area contributed by atoms with Gasteiger partial charge in [-0.15, -0.1) is 0 Å². The third-order valence-corrected chi connectivity index (χ3v) is 2.95. The summed E-state index contributed by atoms with van der Waals surface area (Å²) in [7, 11) is 0. The fraction of sp³-hybridized carbons (Fsp3) is 0.545. The molecule has 1 fully saturated rings. The largest absolute Gasteiger partial charge is 0.292 e. The van der Waals surface area contributed by atoms with E-state index in [9.17, 15) is 4.39 Å². The molecular formula is C11H15FN2. The molecule has 0 spiro atoms. The Morgan fingerprint density at radius 2 is 2.14 bits per heavy atom. The predicted octanol–water partition coefficient (Wildman–Crippen LogP) is 2.20. The molecule has 0 radical (unpaired) electrons. The lowest BCUT2D eigenvalue weighted by Crippen LogP contribution is -2.52. The van der Waals surface area contributed by atoms with E-state index in [2.05, 4.69) is 23.7 Å². The molecule has 76 valence electrons. The van der Waals surface area contributed by atoms with Crippen LogP contribution in [0.1, 0.15) is 26.0 Å². The highest BCUT2D eigenvalue weighted by Gasteiger charge is 2.31. The van der Waals surface area contributed by atoms with Crippen molar-refractivity contribution in [2.75, 3.05) is 0 Å². The van der Waals surface area contributed by atoms with Crippen LogP contribution in [0, 0.1) is 5.82 Å². The fourth-order valence-corrected chi connectivity index (χ4v) is 2.06. The van der Waals surface area contributed by atoms with Crippen molar-refractivity contribution >= 4 is 0 Å². The van der Waals surface area contributed by atoms with E-state index in [1.165, 1.54) is 18.7 Å². The van der Waals surface area contributed by atoms with Gasteiger partial charge in [0.25, 0.3) is 0 Å². The van der Waals surface area contributed by atoms with Crippen molar-refractivity contribution in [1.82, 2.24) is 9.88 Å². The van der Waals surface area contributed by atoms with Crippen molar-refractivity contribution in [2.24, 2.45) is 0 Å². The first-order chi connectivity index (χ1) is 6.66. The van der Waals surface area contributed by atoms with Gasteiger partial charge >= 0.3 is 0 Å². The molecule has 0 aliphatic carbocycles. The number of nitrogens with zero attached hydrogens (tertiary/aromatic N) is 2. The maximum Gasteiger partial charge on any atom is 0.141 e. The molecule has 2 nitrogen and oxygen atoms in total. The zero-order valence-corrected chi connectivity index (χ0v) is 8.57. The Hall–Kier alpha value is -0.960. The molecule has 1 aromatic heterocycles. The molecular weight excluding hydrogens is 179 g/mol. The number of pyridine rings is 1. The topological polar surface area (TPSA) is 16.1 Å². The first-order valence-corrected chi connectivity index (χ1v) is 5.03. The van der Waals surface area contributed by atoms with Crippen molar-refractivity contribution in [3.8, 4) is 0 Å². The number of hydrogen-bond acceptors (Lipinski definition) is 2. The molecule has 0 amide bonds. The van der Waals surface area contributed by atoms with Crippen LogP contribution in [0.25, 0.3) is 0 Å². The minimum atomic E-state index is -0.265. The van der Waals surface area contributed by atoms with E-state index in [1.807, 2.05) is 0 Å². The SMILES string of the molecule is CC1CC(C)N1Cc1ccc(F)cn1. The zero-order valence-electron chi connectivity index (χ0n) is 8.57. The summed E-state index contributed by atoms with van der Waals surface area (Å²) in [6.07, 6.45) is 2.53. The molecule has 0 aromatic carbocycles. The van der Waals surface area contributed by atoms with Crippen molar-refractivity contribution in [2.45, 2.75) is 38.9 Å². The Bertz CT molecular complexity index is 302. The summed E-state index contributed by atoms with van der Waals surface area (Å²) in [5, 5.41) is 0. The first kappa shape index (κ1) is 9.59. The van der Waals surface area contributed by atoms with Crippen LogP contribution in [0.15, 0.2) is 18.3 Å². The third kappa shape index (κ3) is 1.77. The van der Waals surface area contributed by atoms with E-state index >= 15 is 0 Å². The zero-order chi connectivity index (χ0) is 10.1. The molecule has 1 saturated heterocycles. The van der Waals surface area contributed by atoms with Gasteiger partial charge in [-0.1, -0.05) is 0 Å². The number of likely N-dealkylation sites (tertiary alicyclic amines) is 1. The fourth-order valence-electron chi connectivity index (χ4n) is 2.06. The van der Waals surface area contributed by atoms with E-state index < -0.39 is 0 Å². The molecule has 1 aliphatic heterocycles. The smallest absolute Gasteiger partial charge is 0.141 e. The summed E-state index contributed by atoms with van der Waals surface area (Å²) in [6, 6.07) is 4.50. The second-order valence-electron chi connectivity index (χ2n) is 4.07. The predicted molar refractivity (Wildman–Crippen MR) is 53.3 cm³/mol. The lowest BCUT2D eigenvalue weighted by Gasteiger charge is -2.45. The van der Waals surface area contributed by atoms with Crippen LogP contribution in [0.2, 0.25) is 0 Å². The Morgan fingerprint density at radius 3 is 2.64 bits per heavy atom. The first-order valence-electron chi connectivity index (χ1n) is 5.03. The monoisotopic (exact) mass is 194 g/mol. The van der Waals surface area contributed by atoms with E-state index in [0.717, 1.165) is 12.2 Å². The third-order valence-electron chi connectivity index (χ3n) is 2.95. The summed E-state index contributed by atoms with van der Waals surface area (Å²) >= 11 is 0. The average molecular weight is 194 g/mol. The normalized spacial score (nSPS) is 27.4. The van der Waals surface area contributed by atoms with E-state index in [1.54, 1.807) is 6.07 Å². The van der Waals surface area contributed by atoms with E-state index in [4.69, 9.17) is 0 Å². The van der Waals surface area contributed by atoms with Crippen LogP contribution in [0.3, 0.4) is 0 Å². The molecule has 1 aliphatic rings. The van der Waals surface area contributed by atoms with Gasteiger partial charge in [-0.2, -0.15) is 0 Å². The van der Waals surface area contributed by atoms with Crippen LogP contribution in [-0.4, -0.2) is 22.0 Å². The minimum absolute atomic E-state index is 0.265. The van der Waals surface area contributed by atoms with Gasteiger partial charge in [-0.25, -0.2) is 4.39 Å². The summed E-state index contributed by atoms with van der Waals surface area (Å²) in [5.74, 6) is -0.265. The van der Waals surface area contributed by atoms with Crippen molar-refractivity contribution in [3.63, 3.8) is 0 Å². The van der Waals surface area contributed by atoms with Crippen LogP contribution < -0.4 is 0 Å². The highest BCUT2D eigenvalue weighted by molar-refractivity contribution is 5.06. The summed E-state index contributed by atoms with van der Waals surface area (Å²) in [4.78, 5) is 6.43. The minimum Gasteiger partial charge on any atom is -0.292 e. The van der Waals surface area contributed by atoms with Gasteiger partial charge in [-0.3, -0.25) is 9.88 Å². The van der Waals surface area contributed by atoms with E-state index in [-0.39, 0.29) is 5.82 Å². The number of aromatic nitrogens is 1. The second-order valence-corrected chi connectivity index (χ2v) is 4.07. The Labute approximate surface area is 83.8 Å². The maximum absolute atomic E-state index is 12.6. The van der Waals surface area contributed by atoms with Crippen LogP contribution >= 0.6 is 0 Å². The maximum atomic E-state index is 12.6. The van der Waals surface area contributed by atoms with Gasteiger partial charge in [0, 0.05) is 18.6 Å². The lowest BCUT2D eigenvalue weighted by atomic mass is 9.95. The summed E-state index contributed by atoms with van der Waals surface area (Å²) < 4.78 is 12.6. The van der Waals surface area contributed by atoms with Crippen LogP contribution in [0.4, 0.5) is 4.39 Å². The summed E-state index contributed by atoms with van der Waals surface area (Å²) in [5.41, 5.74) is 0.949. The highest BCUT2D eigenvalue weighted by atomic mass is 19.1. The molecule has 0 saturated carbocycles. The van der Waals surface area contributed by atoms with Gasteiger partial charge in [0.2, 0.25) is 0 Å². The average Bonchev–Trinajstić information content (AvgIpc) is 2.17. The molecule has 2 unspecified atom stereocenters. The molecule has 2 heterocycles. The quantitative estimate of drug-likeness (QED) is 0.717. The van der Waals surface area contributed by atoms with Crippen LogP contribution in [-0.2, 0) is 6.54 Å². The van der Waals surface area contributed by atoms with Crippen molar-refractivity contribution in [3.05, 3.63) is 29.8 Å². The lowest BCUT2D eigenvalue weighted by molar-refractivity contribution is 0.0283. The van der Waals surface area contributed by atoms with Gasteiger partial charge in [0.1, 0.15) is 5.82 Å². The molecule has 0 bridgehead atoms. The Morgan fingerprint density at radius 1 is 1.43 bits per heavy atom.